The predicted octanol–water partition coefficient (Wildman–Crippen LogP) is 2.93. The summed E-state index contributed by atoms with van der Waals surface area (Å²) in [7, 11) is 0. The molecule has 0 spiro atoms. The zero-order valence-electron chi connectivity index (χ0n) is 11.2. The Labute approximate surface area is 106 Å². The molecule has 3 aliphatic rings. The van der Waals surface area contributed by atoms with Gasteiger partial charge in [0.1, 0.15) is 0 Å². The normalized spacial score (nSPS) is 37.4. The van der Waals surface area contributed by atoms with Crippen LogP contribution in [0.25, 0.3) is 0 Å². The van der Waals surface area contributed by atoms with Gasteiger partial charge in [0.05, 0.1) is 0 Å². The van der Waals surface area contributed by atoms with Crippen molar-refractivity contribution >= 4 is 0 Å². The van der Waals surface area contributed by atoms with Gasteiger partial charge >= 0.3 is 0 Å². The van der Waals surface area contributed by atoms with Crippen LogP contribution in [-0.2, 0) is 0 Å². The lowest BCUT2D eigenvalue weighted by atomic mass is 10.0. The summed E-state index contributed by atoms with van der Waals surface area (Å²) in [6, 6.07) is 2.62. The number of hydrogen-bond acceptors (Lipinski definition) is 2. The molecule has 0 amide bonds. The highest BCUT2D eigenvalue weighted by Gasteiger charge is 2.36. The Hall–Kier alpha value is -0.0800. The summed E-state index contributed by atoms with van der Waals surface area (Å²) in [5.74, 6) is 0. The molecule has 0 aromatic heterocycles. The number of nitrogens with one attached hydrogen (secondary N) is 1. The van der Waals surface area contributed by atoms with Crippen LogP contribution in [0, 0.1) is 0 Å². The average Bonchev–Trinajstić information content (AvgIpc) is 2.95. The summed E-state index contributed by atoms with van der Waals surface area (Å²) in [5.41, 5.74) is 0. The lowest BCUT2D eigenvalue weighted by Crippen LogP contribution is -2.48. The highest BCUT2D eigenvalue weighted by atomic mass is 15.2. The van der Waals surface area contributed by atoms with E-state index in [1.165, 1.54) is 77.3 Å². The third-order valence-electron chi connectivity index (χ3n) is 5.20. The van der Waals surface area contributed by atoms with Gasteiger partial charge in [-0.3, -0.25) is 4.90 Å². The molecule has 17 heavy (non-hydrogen) atoms. The molecule has 0 aromatic carbocycles. The largest absolute Gasteiger partial charge is 0.312 e. The van der Waals surface area contributed by atoms with Gasteiger partial charge in [0.15, 0.2) is 0 Å². The predicted molar refractivity (Wildman–Crippen MR) is 72.2 cm³/mol. The zero-order valence-corrected chi connectivity index (χ0v) is 11.2. The van der Waals surface area contributed by atoms with Gasteiger partial charge in [0.2, 0.25) is 0 Å². The number of rotatable bonds is 2. The minimum absolute atomic E-state index is 0.820. The molecule has 2 nitrogen and oxygen atoms in total. The molecule has 98 valence electrons. The van der Waals surface area contributed by atoms with Crippen molar-refractivity contribution in [2.45, 2.75) is 82.3 Å². The Bertz CT molecular complexity index is 227. The van der Waals surface area contributed by atoms with Crippen molar-refractivity contribution in [3.05, 3.63) is 0 Å². The third-order valence-corrected chi connectivity index (χ3v) is 5.20. The van der Waals surface area contributed by atoms with E-state index in [4.69, 9.17) is 0 Å². The lowest BCUT2D eigenvalue weighted by Gasteiger charge is -2.35. The van der Waals surface area contributed by atoms with Crippen LogP contribution in [-0.4, -0.2) is 36.1 Å². The Kier molecular flexibility index (Phi) is 4.02. The quantitative estimate of drug-likeness (QED) is 0.742. The standard InChI is InChI=1S/C15H28N2/c1-2-4-8-13(7-3-1)17-12-6-10-15(17)14-9-5-11-16-14/h13-16H,1-12H2. The Morgan fingerprint density at radius 1 is 0.765 bits per heavy atom. The molecular formula is C15H28N2. The summed E-state index contributed by atoms with van der Waals surface area (Å²) in [6.45, 7) is 2.65. The molecule has 3 fully saturated rings. The van der Waals surface area contributed by atoms with Crippen LogP contribution in [0.5, 0.6) is 0 Å². The maximum absolute atomic E-state index is 3.74. The van der Waals surface area contributed by atoms with Gasteiger partial charge in [-0.25, -0.2) is 0 Å². The van der Waals surface area contributed by atoms with E-state index in [1.54, 1.807) is 0 Å². The molecule has 2 unspecified atom stereocenters. The topological polar surface area (TPSA) is 15.3 Å². The van der Waals surface area contributed by atoms with E-state index in [2.05, 4.69) is 10.2 Å². The molecule has 1 saturated carbocycles. The SMILES string of the molecule is C1CCCC(N2CCCC2C2CCCN2)CC1. The first kappa shape index (κ1) is 12.0. The maximum atomic E-state index is 3.74. The number of hydrogen-bond donors (Lipinski definition) is 1. The molecule has 2 heterocycles. The highest BCUT2D eigenvalue weighted by Crippen LogP contribution is 2.31. The van der Waals surface area contributed by atoms with Gasteiger partial charge in [0.25, 0.3) is 0 Å². The van der Waals surface area contributed by atoms with E-state index in [9.17, 15) is 0 Å². The van der Waals surface area contributed by atoms with Crippen LogP contribution < -0.4 is 5.32 Å². The van der Waals surface area contributed by atoms with Crippen LogP contribution in [0.4, 0.5) is 0 Å². The fourth-order valence-electron chi connectivity index (χ4n) is 4.33. The Balaban J connectivity index is 1.63. The van der Waals surface area contributed by atoms with Gasteiger partial charge in [-0.15, -0.1) is 0 Å². The van der Waals surface area contributed by atoms with Crippen molar-refractivity contribution in [1.82, 2.24) is 10.2 Å². The van der Waals surface area contributed by atoms with Gasteiger partial charge in [0, 0.05) is 18.1 Å². The van der Waals surface area contributed by atoms with Gasteiger partial charge in [-0.2, -0.15) is 0 Å². The summed E-state index contributed by atoms with van der Waals surface area (Å²) in [4.78, 5) is 2.90. The molecule has 2 atom stereocenters. The number of nitrogens with zero attached hydrogens (tertiary/aromatic N) is 1. The Morgan fingerprint density at radius 3 is 2.29 bits per heavy atom. The fraction of sp³-hybridized carbons (Fsp3) is 1.00. The Morgan fingerprint density at radius 2 is 1.59 bits per heavy atom. The first-order valence-corrected chi connectivity index (χ1v) is 7.94. The zero-order chi connectivity index (χ0) is 11.5. The van der Waals surface area contributed by atoms with Crippen LogP contribution in [0.1, 0.15) is 64.2 Å². The smallest absolute Gasteiger partial charge is 0.0252 e. The average molecular weight is 236 g/mol. The first-order chi connectivity index (χ1) is 8.45. The van der Waals surface area contributed by atoms with Crippen molar-refractivity contribution in [3.8, 4) is 0 Å². The van der Waals surface area contributed by atoms with Crippen molar-refractivity contribution in [2.75, 3.05) is 13.1 Å². The number of likely N-dealkylation sites (tertiary alicyclic amines) is 1. The van der Waals surface area contributed by atoms with Gasteiger partial charge in [-0.05, 0) is 51.6 Å². The fourth-order valence-corrected chi connectivity index (χ4v) is 4.33. The van der Waals surface area contributed by atoms with Crippen LogP contribution in [0.15, 0.2) is 0 Å². The van der Waals surface area contributed by atoms with Crippen molar-refractivity contribution in [2.24, 2.45) is 0 Å². The molecular weight excluding hydrogens is 208 g/mol. The van der Waals surface area contributed by atoms with Crippen LogP contribution in [0.2, 0.25) is 0 Å². The highest BCUT2D eigenvalue weighted by molar-refractivity contribution is 4.94. The van der Waals surface area contributed by atoms with E-state index in [0.29, 0.717) is 0 Å². The minimum atomic E-state index is 0.820. The molecule has 0 aromatic rings. The molecule has 2 saturated heterocycles. The lowest BCUT2D eigenvalue weighted by molar-refractivity contribution is 0.139. The first-order valence-electron chi connectivity index (χ1n) is 7.94. The second-order valence-corrected chi connectivity index (χ2v) is 6.30. The molecule has 3 rings (SSSR count). The molecule has 0 bridgehead atoms. The second-order valence-electron chi connectivity index (χ2n) is 6.30. The van der Waals surface area contributed by atoms with Crippen LogP contribution >= 0.6 is 0 Å². The monoisotopic (exact) mass is 236 g/mol. The van der Waals surface area contributed by atoms with Crippen molar-refractivity contribution < 1.29 is 0 Å². The molecule has 1 aliphatic carbocycles. The van der Waals surface area contributed by atoms with E-state index < -0.39 is 0 Å². The van der Waals surface area contributed by atoms with E-state index >= 15 is 0 Å². The van der Waals surface area contributed by atoms with E-state index in [0.717, 1.165) is 18.1 Å². The van der Waals surface area contributed by atoms with Crippen molar-refractivity contribution in [3.63, 3.8) is 0 Å². The minimum Gasteiger partial charge on any atom is -0.312 e. The molecule has 0 radical (unpaired) electrons. The van der Waals surface area contributed by atoms with E-state index in [-0.39, 0.29) is 0 Å². The van der Waals surface area contributed by atoms with Crippen LogP contribution in [0.3, 0.4) is 0 Å². The second kappa shape index (κ2) is 5.71. The summed E-state index contributed by atoms with van der Waals surface area (Å²) in [5, 5.41) is 3.74. The third kappa shape index (κ3) is 2.68. The van der Waals surface area contributed by atoms with Crippen molar-refractivity contribution in [1.29, 1.82) is 0 Å². The maximum Gasteiger partial charge on any atom is 0.0252 e. The van der Waals surface area contributed by atoms with E-state index in [1.807, 2.05) is 0 Å². The molecule has 2 heteroatoms. The summed E-state index contributed by atoms with van der Waals surface area (Å²) in [6.07, 6.45) is 14.6. The summed E-state index contributed by atoms with van der Waals surface area (Å²) < 4.78 is 0. The van der Waals surface area contributed by atoms with Gasteiger partial charge in [-0.1, -0.05) is 25.7 Å². The molecule has 2 aliphatic heterocycles. The molecule has 1 N–H and O–H groups in total. The van der Waals surface area contributed by atoms with Gasteiger partial charge < -0.3 is 5.32 Å². The summed E-state index contributed by atoms with van der Waals surface area (Å²) >= 11 is 0.